The summed E-state index contributed by atoms with van der Waals surface area (Å²) in [7, 11) is 0. The number of carbonyl (C=O) groups excluding carboxylic acids is 2. The first-order valence-corrected chi connectivity index (χ1v) is 6.88. The van der Waals surface area contributed by atoms with Gasteiger partial charge in [-0.05, 0) is 17.2 Å². The van der Waals surface area contributed by atoms with Gasteiger partial charge in [0.05, 0.1) is 12.5 Å². The highest BCUT2D eigenvalue weighted by Crippen LogP contribution is 2.28. The Kier molecular flexibility index (Phi) is 4.24. The van der Waals surface area contributed by atoms with Crippen molar-refractivity contribution in [2.75, 3.05) is 11.1 Å². The molecule has 2 atom stereocenters. The van der Waals surface area contributed by atoms with Crippen molar-refractivity contribution in [2.45, 2.75) is 25.6 Å². The lowest BCUT2D eigenvalue weighted by Gasteiger charge is -2.18. The number of thioether (sulfide) groups is 1. The van der Waals surface area contributed by atoms with Crippen LogP contribution in [0.3, 0.4) is 0 Å². The van der Waals surface area contributed by atoms with Gasteiger partial charge in [-0.2, -0.15) is 0 Å². The van der Waals surface area contributed by atoms with Crippen LogP contribution in [0.2, 0.25) is 0 Å². The normalized spacial score (nSPS) is 16.7. The van der Waals surface area contributed by atoms with E-state index in [1.165, 1.54) is 6.92 Å². The van der Waals surface area contributed by atoms with Crippen LogP contribution in [0.15, 0.2) is 18.2 Å². The monoisotopic (exact) mass is 281 g/mol. The van der Waals surface area contributed by atoms with Crippen LogP contribution >= 0.6 is 11.8 Å². The Morgan fingerprint density at radius 2 is 2.21 bits per heavy atom. The Hall–Kier alpha value is -1.37. The molecule has 1 aromatic rings. The van der Waals surface area contributed by atoms with Crippen LogP contribution in [0.1, 0.15) is 24.2 Å². The lowest BCUT2D eigenvalue weighted by atomic mass is 10.0. The summed E-state index contributed by atoms with van der Waals surface area (Å²) in [6.45, 7) is 1.41. The predicted octanol–water partition coefficient (Wildman–Crippen LogP) is 0.855. The molecule has 1 heterocycles. The second kappa shape index (κ2) is 5.73. The zero-order chi connectivity index (χ0) is 14.0. The van der Waals surface area contributed by atoms with Crippen LogP contribution in [0, 0.1) is 0 Å². The van der Waals surface area contributed by atoms with E-state index in [1.807, 2.05) is 0 Å². The van der Waals surface area contributed by atoms with E-state index in [2.05, 4.69) is 5.32 Å². The Bertz CT molecular complexity index is 517. The predicted molar refractivity (Wildman–Crippen MR) is 72.9 cm³/mol. The summed E-state index contributed by atoms with van der Waals surface area (Å²) in [4.78, 5) is 22.0. The molecule has 1 aliphatic heterocycles. The third kappa shape index (κ3) is 3.34. The molecule has 0 spiro atoms. The number of anilines is 1. The van der Waals surface area contributed by atoms with Crippen molar-refractivity contribution in [3.63, 3.8) is 0 Å². The fraction of sp³-hybridized carbons (Fsp3) is 0.385. The number of fused-ring (bicyclic) bond motifs is 1. The summed E-state index contributed by atoms with van der Waals surface area (Å²) in [6.07, 6.45) is -1.76. The summed E-state index contributed by atoms with van der Waals surface area (Å²) in [6, 6.07) is 5.11. The molecule has 0 aromatic heterocycles. The van der Waals surface area contributed by atoms with Crippen molar-refractivity contribution in [1.29, 1.82) is 0 Å². The standard InChI is InChI=1S/C13H15NO4S/c1-7(15)19-6-11(16)13(18)9-3-2-8-5-12(17)14-10(8)4-9/h2-4,11,13,16,18H,5-6H2,1H3,(H,14,17). The van der Waals surface area contributed by atoms with Gasteiger partial charge in [0.2, 0.25) is 5.91 Å². The average Bonchev–Trinajstić information content (AvgIpc) is 2.73. The van der Waals surface area contributed by atoms with Crippen molar-refractivity contribution in [1.82, 2.24) is 0 Å². The molecule has 0 fully saturated rings. The zero-order valence-corrected chi connectivity index (χ0v) is 11.2. The maximum Gasteiger partial charge on any atom is 0.228 e. The summed E-state index contributed by atoms with van der Waals surface area (Å²) in [5.41, 5.74) is 2.08. The Morgan fingerprint density at radius 1 is 1.47 bits per heavy atom. The van der Waals surface area contributed by atoms with Gasteiger partial charge in [0.25, 0.3) is 0 Å². The number of carbonyl (C=O) groups is 2. The quantitative estimate of drug-likeness (QED) is 0.762. The number of aliphatic hydroxyl groups excluding tert-OH is 2. The van der Waals surface area contributed by atoms with Gasteiger partial charge >= 0.3 is 0 Å². The van der Waals surface area contributed by atoms with E-state index < -0.39 is 12.2 Å². The van der Waals surface area contributed by atoms with E-state index >= 15 is 0 Å². The first kappa shape index (κ1) is 14.0. The van der Waals surface area contributed by atoms with Gasteiger partial charge < -0.3 is 15.5 Å². The molecule has 2 unspecified atom stereocenters. The van der Waals surface area contributed by atoms with Crippen molar-refractivity contribution >= 4 is 28.5 Å². The minimum atomic E-state index is -1.07. The van der Waals surface area contributed by atoms with Gasteiger partial charge in [-0.1, -0.05) is 23.9 Å². The summed E-state index contributed by atoms with van der Waals surface area (Å²) in [5, 5.41) is 22.4. The van der Waals surface area contributed by atoms with E-state index in [1.54, 1.807) is 18.2 Å². The molecule has 102 valence electrons. The van der Waals surface area contributed by atoms with E-state index in [0.717, 1.165) is 17.3 Å². The number of hydrogen-bond acceptors (Lipinski definition) is 5. The molecule has 0 aliphatic carbocycles. The molecule has 2 rings (SSSR count). The molecule has 19 heavy (non-hydrogen) atoms. The van der Waals surface area contributed by atoms with Crippen LogP contribution in [0.5, 0.6) is 0 Å². The maximum atomic E-state index is 11.2. The van der Waals surface area contributed by atoms with Crippen molar-refractivity contribution in [3.05, 3.63) is 29.3 Å². The molecule has 0 saturated heterocycles. The molecule has 1 aromatic carbocycles. The highest BCUT2D eigenvalue weighted by Gasteiger charge is 2.23. The first-order chi connectivity index (χ1) is 8.97. The van der Waals surface area contributed by atoms with Crippen molar-refractivity contribution in [3.8, 4) is 0 Å². The zero-order valence-electron chi connectivity index (χ0n) is 10.4. The van der Waals surface area contributed by atoms with E-state index in [9.17, 15) is 19.8 Å². The second-order valence-corrected chi connectivity index (χ2v) is 5.65. The smallest absolute Gasteiger partial charge is 0.228 e. The highest BCUT2D eigenvalue weighted by molar-refractivity contribution is 8.13. The molecule has 0 saturated carbocycles. The van der Waals surface area contributed by atoms with Gasteiger partial charge in [-0.15, -0.1) is 0 Å². The van der Waals surface area contributed by atoms with E-state index in [4.69, 9.17) is 0 Å². The molecular formula is C13H15NO4S. The van der Waals surface area contributed by atoms with Gasteiger partial charge in [0, 0.05) is 18.4 Å². The fourth-order valence-corrected chi connectivity index (χ4v) is 2.52. The minimum Gasteiger partial charge on any atom is -0.389 e. The topological polar surface area (TPSA) is 86.6 Å². The molecular weight excluding hydrogens is 266 g/mol. The molecule has 6 heteroatoms. The van der Waals surface area contributed by atoms with Crippen LogP contribution < -0.4 is 5.32 Å². The summed E-state index contributed by atoms with van der Waals surface area (Å²) < 4.78 is 0. The average molecular weight is 281 g/mol. The second-order valence-electron chi connectivity index (χ2n) is 4.46. The Balaban J connectivity index is 2.07. The fourth-order valence-electron chi connectivity index (χ4n) is 1.93. The lowest BCUT2D eigenvalue weighted by molar-refractivity contribution is -0.115. The largest absolute Gasteiger partial charge is 0.389 e. The SMILES string of the molecule is CC(=O)SCC(O)C(O)c1ccc2c(c1)NC(=O)C2. The number of nitrogens with one attached hydrogen (secondary N) is 1. The Labute approximate surface area is 115 Å². The van der Waals surface area contributed by atoms with Crippen LogP contribution in [0.25, 0.3) is 0 Å². The maximum absolute atomic E-state index is 11.2. The van der Waals surface area contributed by atoms with Crippen LogP contribution in [0.4, 0.5) is 5.69 Å². The third-order valence-corrected chi connectivity index (χ3v) is 3.84. The minimum absolute atomic E-state index is 0.0747. The Morgan fingerprint density at radius 3 is 2.89 bits per heavy atom. The van der Waals surface area contributed by atoms with E-state index in [-0.39, 0.29) is 16.8 Å². The van der Waals surface area contributed by atoms with Crippen LogP contribution in [-0.2, 0) is 16.0 Å². The third-order valence-electron chi connectivity index (χ3n) is 2.92. The number of benzene rings is 1. The molecule has 5 nitrogen and oxygen atoms in total. The highest BCUT2D eigenvalue weighted by atomic mass is 32.2. The lowest BCUT2D eigenvalue weighted by Crippen LogP contribution is -2.21. The van der Waals surface area contributed by atoms with Gasteiger partial charge in [0.15, 0.2) is 5.12 Å². The number of hydrogen-bond donors (Lipinski definition) is 3. The molecule has 0 radical (unpaired) electrons. The molecule has 1 aliphatic rings. The summed E-state index contributed by atoms with van der Waals surface area (Å²) >= 11 is 0.970. The first-order valence-electron chi connectivity index (χ1n) is 5.89. The van der Waals surface area contributed by atoms with Crippen molar-refractivity contribution < 1.29 is 19.8 Å². The van der Waals surface area contributed by atoms with E-state index in [0.29, 0.717) is 17.7 Å². The van der Waals surface area contributed by atoms with Crippen molar-refractivity contribution in [2.24, 2.45) is 0 Å². The number of amides is 1. The van der Waals surface area contributed by atoms with Gasteiger partial charge in [-0.25, -0.2) is 0 Å². The molecule has 1 amide bonds. The summed E-state index contributed by atoms with van der Waals surface area (Å²) in [5.74, 6) is 0.0641. The number of rotatable bonds is 4. The van der Waals surface area contributed by atoms with Crippen LogP contribution in [-0.4, -0.2) is 33.1 Å². The molecule has 0 bridgehead atoms. The number of aliphatic hydroxyl groups is 2. The van der Waals surface area contributed by atoms with Gasteiger partial charge in [0.1, 0.15) is 6.10 Å². The van der Waals surface area contributed by atoms with Gasteiger partial charge in [-0.3, -0.25) is 9.59 Å². The molecule has 3 N–H and O–H groups in total.